The van der Waals surface area contributed by atoms with Gasteiger partial charge in [-0.05, 0) is 42.3 Å². The Labute approximate surface area is 171 Å². The third-order valence-electron chi connectivity index (χ3n) is 5.35. The van der Waals surface area contributed by atoms with Gasteiger partial charge in [-0.25, -0.2) is 0 Å². The Hall–Kier alpha value is -2.93. The number of ether oxygens (including phenoxy) is 3. The lowest BCUT2D eigenvalue weighted by atomic mass is 10.1. The Balaban J connectivity index is 1.26. The van der Waals surface area contributed by atoms with Gasteiger partial charge in [-0.3, -0.25) is 9.69 Å². The van der Waals surface area contributed by atoms with Gasteiger partial charge >= 0.3 is 0 Å². The van der Waals surface area contributed by atoms with Crippen LogP contribution in [0, 0.1) is 6.92 Å². The number of methoxy groups -OCH3 is 1. The van der Waals surface area contributed by atoms with Crippen molar-refractivity contribution in [2.45, 2.75) is 13.5 Å². The number of nitrogens with zero attached hydrogens (tertiary/aromatic N) is 2. The van der Waals surface area contributed by atoms with Crippen LogP contribution in [0.4, 0.5) is 5.69 Å². The summed E-state index contributed by atoms with van der Waals surface area (Å²) in [5.41, 5.74) is 3.17. The van der Waals surface area contributed by atoms with Gasteiger partial charge in [-0.2, -0.15) is 0 Å². The van der Waals surface area contributed by atoms with E-state index in [2.05, 4.69) is 16.3 Å². The number of aryl methyl sites for hydroxylation is 1. The summed E-state index contributed by atoms with van der Waals surface area (Å²) in [5.74, 6) is 2.48. The number of nitrogens with one attached hydrogen (secondary N) is 1. The molecule has 1 N–H and O–H groups in total. The van der Waals surface area contributed by atoms with Crippen LogP contribution in [0.3, 0.4) is 0 Å². The number of fused-ring (bicyclic) bond motifs is 1. The first kappa shape index (κ1) is 19.4. The molecule has 0 unspecified atom stereocenters. The number of piperazine rings is 1. The number of carbonyl (C=O) groups excluding carboxylic acids is 1. The van der Waals surface area contributed by atoms with Crippen molar-refractivity contribution in [3.05, 3.63) is 47.5 Å². The van der Waals surface area contributed by atoms with Crippen LogP contribution in [0.2, 0.25) is 0 Å². The van der Waals surface area contributed by atoms with E-state index in [1.165, 1.54) is 5.56 Å². The Morgan fingerprint density at radius 1 is 1.07 bits per heavy atom. The predicted molar refractivity (Wildman–Crippen MR) is 111 cm³/mol. The standard InChI is InChI=1S/C22H27N3O4/c1-16-3-5-19(27-2)18(11-16)23-13-22(26)25-9-7-24(8-10-25)14-17-4-6-20-21(12-17)29-15-28-20/h3-6,11-12,23H,7-10,13-15H2,1-2H3. The zero-order chi connectivity index (χ0) is 20.2. The number of carbonyl (C=O) groups is 1. The van der Waals surface area contributed by atoms with Crippen LogP contribution in [-0.2, 0) is 11.3 Å². The highest BCUT2D eigenvalue weighted by atomic mass is 16.7. The van der Waals surface area contributed by atoms with E-state index in [4.69, 9.17) is 14.2 Å². The van der Waals surface area contributed by atoms with Crippen molar-refractivity contribution >= 4 is 11.6 Å². The van der Waals surface area contributed by atoms with E-state index in [-0.39, 0.29) is 12.5 Å². The molecule has 0 spiro atoms. The molecule has 0 saturated carbocycles. The Morgan fingerprint density at radius 3 is 2.66 bits per heavy atom. The summed E-state index contributed by atoms with van der Waals surface area (Å²) in [6.45, 7) is 6.60. The molecule has 2 aliphatic heterocycles. The third-order valence-corrected chi connectivity index (χ3v) is 5.35. The number of hydrogen-bond acceptors (Lipinski definition) is 6. The minimum Gasteiger partial charge on any atom is -0.495 e. The molecule has 0 radical (unpaired) electrons. The summed E-state index contributed by atoms with van der Waals surface area (Å²) < 4.78 is 16.2. The van der Waals surface area contributed by atoms with Crippen molar-refractivity contribution < 1.29 is 19.0 Å². The van der Waals surface area contributed by atoms with Crippen LogP contribution in [0.15, 0.2) is 36.4 Å². The van der Waals surface area contributed by atoms with Gasteiger partial charge in [0.25, 0.3) is 0 Å². The SMILES string of the molecule is COc1ccc(C)cc1NCC(=O)N1CCN(Cc2ccc3c(c2)OCO3)CC1. The lowest BCUT2D eigenvalue weighted by Crippen LogP contribution is -2.49. The summed E-state index contributed by atoms with van der Waals surface area (Å²) in [6, 6.07) is 12.0. The van der Waals surface area contributed by atoms with E-state index in [0.717, 1.165) is 61.2 Å². The van der Waals surface area contributed by atoms with E-state index < -0.39 is 0 Å². The fourth-order valence-electron chi connectivity index (χ4n) is 3.70. The molecule has 2 heterocycles. The van der Waals surface area contributed by atoms with Crippen LogP contribution in [0.1, 0.15) is 11.1 Å². The van der Waals surface area contributed by atoms with Gasteiger partial charge in [-0.1, -0.05) is 12.1 Å². The number of rotatable bonds is 6. The van der Waals surface area contributed by atoms with Gasteiger partial charge in [0.1, 0.15) is 5.75 Å². The molecule has 0 aliphatic carbocycles. The topological polar surface area (TPSA) is 63.3 Å². The van der Waals surface area contributed by atoms with E-state index in [1.54, 1.807) is 7.11 Å². The molecule has 0 aromatic heterocycles. The largest absolute Gasteiger partial charge is 0.495 e. The lowest BCUT2D eigenvalue weighted by molar-refractivity contribution is -0.131. The highest BCUT2D eigenvalue weighted by molar-refractivity contribution is 5.81. The van der Waals surface area contributed by atoms with Crippen molar-refractivity contribution in [1.29, 1.82) is 0 Å². The number of benzene rings is 2. The van der Waals surface area contributed by atoms with E-state index in [9.17, 15) is 4.79 Å². The van der Waals surface area contributed by atoms with E-state index >= 15 is 0 Å². The molecule has 7 nitrogen and oxygen atoms in total. The summed E-state index contributed by atoms with van der Waals surface area (Å²) in [7, 11) is 1.64. The van der Waals surface area contributed by atoms with E-state index in [0.29, 0.717) is 6.79 Å². The first-order chi connectivity index (χ1) is 14.1. The van der Waals surface area contributed by atoms with Gasteiger partial charge < -0.3 is 24.4 Å². The number of hydrogen-bond donors (Lipinski definition) is 1. The minimum atomic E-state index is 0.108. The predicted octanol–water partition coefficient (Wildman–Crippen LogP) is 2.49. The lowest BCUT2D eigenvalue weighted by Gasteiger charge is -2.35. The Bertz CT molecular complexity index is 878. The zero-order valence-electron chi connectivity index (χ0n) is 16.9. The quantitative estimate of drug-likeness (QED) is 0.808. The molecular formula is C22H27N3O4. The first-order valence-corrected chi connectivity index (χ1v) is 9.89. The molecule has 1 amide bonds. The molecule has 2 aromatic carbocycles. The summed E-state index contributed by atoms with van der Waals surface area (Å²) >= 11 is 0. The van der Waals surface area contributed by atoms with Crippen molar-refractivity contribution in [2.75, 3.05) is 51.9 Å². The van der Waals surface area contributed by atoms with Crippen molar-refractivity contribution in [3.8, 4) is 17.2 Å². The van der Waals surface area contributed by atoms with Crippen LogP contribution < -0.4 is 19.5 Å². The second kappa shape index (κ2) is 8.61. The molecule has 2 aromatic rings. The second-order valence-corrected chi connectivity index (χ2v) is 7.40. The average Bonchev–Trinajstić information content (AvgIpc) is 3.20. The molecule has 0 bridgehead atoms. The minimum absolute atomic E-state index is 0.108. The van der Waals surface area contributed by atoms with Gasteiger partial charge in [0.2, 0.25) is 12.7 Å². The number of anilines is 1. The van der Waals surface area contributed by atoms with Crippen molar-refractivity contribution in [1.82, 2.24) is 9.80 Å². The molecule has 1 fully saturated rings. The van der Waals surface area contributed by atoms with E-state index in [1.807, 2.05) is 42.2 Å². The van der Waals surface area contributed by atoms with Gasteiger partial charge in [0.15, 0.2) is 11.5 Å². The molecule has 29 heavy (non-hydrogen) atoms. The monoisotopic (exact) mass is 397 g/mol. The maximum absolute atomic E-state index is 12.6. The second-order valence-electron chi connectivity index (χ2n) is 7.40. The first-order valence-electron chi connectivity index (χ1n) is 9.89. The summed E-state index contributed by atoms with van der Waals surface area (Å²) in [4.78, 5) is 16.9. The molecule has 1 saturated heterocycles. The Morgan fingerprint density at radius 2 is 1.86 bits per heavy atom. The summed E-state index contributed by atoms with van der Waals surface area (Å²) in [5, 5.41) is 3.22. The van der Waals surface area contributed by atoms with Gasteiger partial charge in [0, 0.05) is 32.7 Å². The van der Waals surface area contributed by atoms with Crippen LogP contribution in [0.5, 0.6) is 17.2 Å². The normalized spacial score (nSPS) is 16.0. The van der Waals surface area contributed by atoms with Crippen LogP contribution in [0.25, 0.3) is 0 Å². The van der Waals surface area contributed by atoms with Crippen molar-refractivity contribution in [2.24, 2.45) is 0 Å². The molecular weight excluding hydrogens is 370 g/mol. The van der Waals surface area contributed by atoms with Gasteiger partial charge in [0.05, 0.1) is 19.3 Å². The molecule has 154 valence electrons. The highest BCUT2D eigenvalue weighted by Gasteiger charge is 2.22. The third kappa shape index (κ3) is 4.56. The maximum Gasteiger partial charge on any atom is 0.241 e. The van der Waals surface area contributed by atoms with Crippen LogP contribution >= 0.6 is 0 Å². The van der Waals surface area contributed by atoms with Crippen molar-refractivity contribution in [3.63, 3.8) is 0 Å². The molecule has 2 aliphatic rings. The summed E-state index contributed by atoms with van der Waals surface area (Å²) in [6.07, 6.45) is 0. The smallest absolute Gasteiger partial charge is 0.241 e. The highest BCUT2D eigenvalue weighted by Crippen LogP contribution is 2.33. The van der Waals surface area contributed by atoms with Gasteiger partial charge in [-0.15, -0.1) is 0 Å². The maximum atomic E-state index is 12.6. The fraction of sp³-hybridized carbons (Fsp3) is 0.409. The zero-order valence-corrected chi connectivity index (χ0v) is 16.9. The average molecular weight is 397 g/mol. The van der Waals surface area contributed by atoms with Crippen LogP contribution in [-0.4, -0.2) is 62.3 Å². The molecule has 7 heteroatoms. The molecule has 0 atom stereocenters. The number of amides is 1. The fourth-order valence-corrected chi connectivity index (χ4v) is 3.70. The molecule has 4 rings (SSSR count). The Kier molecular flexibility index (Phi) is 5.76.